The van der Waals surface area contributed by atoms with Gasteiger partial charge in [0.2, 0.25) is 5.91 Å². The Morgan fingerprint density at radius 2 is 2.27 bits per heavy atom. The molecule has 1 amide bonds. The maximum Gasteiger partial charge on any atom is 0.305 e. The highest BCUT2D eigenvalue weighted by Crippen LogP contribution is 1.92. The van der Waals surface area contributed by atoms with Crippen molar-refractivity contribution in [1.29, 1.82) is 0 Å². The van der Waals surface area contributed by atoms with Crippen LogP contribution in [0.3, 0.4) is 0 Å². The van der Waals surface area contributed by atoms with E-state index in [2.05, 4.69) is 10.1 Å². The van der Waals surface area contributed by atoms with E-state index in [-0.39, 0.29) is 25.4 Å². The monoisotopic (exact) mass is 212 g/mol. The molecule has 0 aliphatic rings. The van der Waals surface area contributed by atoms with Gasteiger partial charge in [0.1, 0.15) is 19.2 Å². The molecule has 0 saturated heterocycles. The van der Waals surface area contributed by atoms with Gasteiger partial charge in [-0.15, -0.1) is 0 Å². The number of aromatic nitrogens is 3. The van der Waals surface area contributed by atoms with Crippen molar-refractivity contribution in [3.05, 3.63) is 12.7 Å². The van der Waals surface area contributed by atoms with E-state index in [9.17, 15) is 9.59 Å². The number of hydrogen-bond acceptors (Lipinski definition) is 4. The van der Waals surface area contributed by atoms with Gasteiger partial charge in [0.25, 0.3) is 0 Å². The second kappa shape index (κ2) is 5.08. The third kappa shape index (κ3) is 3.75. The predicted molar refractivity (Wildman–Crippen MR) is 49.9 cm³/mol. The molecule has 0 spiro atoms. The molecule has 0 fully saturated rings. The number of nitrogens with zero attached hydrogens (tertiary/aromatic N) is 4. The van der Waals surface area contributed by atoms with Gasteiger partial charge in [-0.1, -0.05) is 0 Å². The molecule has 0 unspecified atom stereocenters. The maximum atomic E-state index is 11.5. The van der Waals surface area contributed by atoms with Gasteiger partial charge in [-0.3, -0.25) is 9.59 Å². The standard InChI is InChI=1S/C8H12N4O3/c1-11(3-2-8(14)15)7(13)4-12-6-9-5-10-12/h5-6H,2-4H2,1H3,(H,14,15). The van der Waals surface area contributed by atoms with Crippen LogP contribution in [0.25, 0.3) is 0 Å². The van der Waals surface area contributed by atoms with E-state index in [0.717, 1.165) is 0 Å². The average Bonchev–Trinajstić information content (AvgIpc) is 2.66. The number of carbonyl (C=O) groups is 2. The molecule has 1 N–H and O–H groups in total. The minimum absolute atomic E-state index is 0.0560. The van der Waals surface area contributed by atoms with Crippen LogP contribution in [0.5, 0.6) is 0 Å². The molecule has 7 heteroatoms. The van der Waals surface area contributed by atoms with E-state index < -0.39 is 5.97 Å². The lowest BCUT2D eigenvalue weighted by Gasteiger charge is -2.15. The van der Waals surface area contributed by atoms with Crippen molar-refractivity contribution in [1.82, 2.24) is 19.7 Å². The Labute approximate surface area is 86.3 Å². The van der Waals surface area contributed by atoms with Crippen molar-refractivity contribution in [3.63, 3.8) is 0 Å². The van der Waals surface area contributed by atoms with E-state index in [1.165, 1.54) is 22.2 Å². The molecular formula is C8H12N4O3. The number of carboxylic acids is 1. The first-order valence-electron chi connectivity index (χ1n) is 4.38. The van der Waals surface area contributed by atoms with Gasteiger partial charge in [-0.05, 0) is 0 Å². The smallest absolute Gasteiger partial charge is 0.305 e. The Balaban J connectivity index is 2.36. The van der Waals surface area contributed by atoms with Gasteiger partial charge in [0, 0.05) is 13.6 Å². The first-order chi connectivity index (χ1) is 7.09. The van der Waals surface area contributed by atoms with E-state index in [4.69, 9.17) is 5.11 Å². The summed E-state index contributed by atoms with van der Waals surface area (Å²) in [5.41, 5.74) is 0. The number of aliphatic carboxylic acids is 1. The summed E-state index contributed by atoms with van der Waals surface area (Å²) in [5.74, 6) is -1.11. The molecule has 0 aromatic carbocycles. The summed E-state index contributed by atoms with van der Waals surface area (Å²) in [7, 11) is 1.56. The summed E-state index contributed by atoms with van der Waals surface area (Å²) < 4.78 is 1.39. The number of rotatable bonds is 5. The summed E-state index contributed by atoms with van der Waals surface area (Å²) in [6.07, 6.45) is 2.72. The number of carboxylic acid groups (broad SMARTS) is 1. The van der Waals surface area contributed by atoms with Crippen LogP contribution in [-0.2, 0) is 16.1 Å². The fourth-order valence-corrected chi connectivity index (χ4v) is 0.962. The summed E-state index contributed by atoms with van der Waals surface area (Å²) >= 11 is 0. The number of hydrogen-bond donors (Lipinski definition) is 1. The zero-order chi connectivity index (χ0) is 11.3. The minimum atomic E-state index is -0.921. The highest BCUT2D eigenvalue weighted by atomic mass is 16.4. The van der Waals surface area contributed by atoms with Crippen LogP contribution in [0.15, 0.2) is 12.7 Å². The van der Waals surface area contributed by atoms with Gasteiger partial charge >= 0.3 is 5.97 Å². The molecule has 0 aliphatic heterocycles. The Morgan fingerprint density at radius 1 is 1.53 bits per heavy atom. The van der Waals surface area contributed by atoms with Gasteiger partial charge < -0.3 is 10.0 Å². The number of likely N-dealkylation sites (N-methyl/N-ethyl adjacent to an activating group) is 1. The first-order valence-corrected chi connectivity index (χ1v) is 4.38. The highest BCUT2D eigenvalue weighted by Gasteiger charge is 2.10. The van der Waals surface area contributed by atoms with Crippen molar-refractivity contribution in [2.75, 3.05) is 13.6 Å². The fourth-order valence-electron chi connectivity index (χ4n) is 0.962. The van der Waals surface area contributed by atoms with Crippen molar-refractivity contribution >= 4 is 11.9 Å². The molecular weight excluding hydrogens is 200 g/mol. The SMILES string of the molecule is CN(CCC(=O)O)C(=O)Cn1cncn1. The Hall–Kier alpha value is -1.92. The number of amides is 1. The van der Waals surface area contributed by atoms with E-state index >= 15 is 0 Å². The van der Waals surface area contributed by atoms with Gasteiger partial charge in [0.05, 0.1) is 6.42 Å². The zero-order valence-electron chi connectivity index (χ0n) is 8.33. The van der Waals surface area contributed by atoms with Crippen LogP contribution in [0.2, 0.25) is 0 Å². The van der Waals surface area contributed by atoms with Gasteiger partial charge in [0.15, 0.2) is 0 Å². The van der Waals surface area contributed by atoms with Crippen molar-refractivity contribution in [2.45, 2.75) is 13.0 Å². The summed E-state index contributed by atoms with van der Waals surface area (Å²) in [6.45, 7) is 0.277. The fraction of sp³-hybridized carbons (Fsp3) is 0.500. The largest absolute Gasteiger partial charge is 0.481 e. The normalized spacial score (nSPS) is 9.93. The van der Waals surface area contributed by atoms with Crippen LogP contribution in [-0.4, -0.2) is 50.2 Å². The lowest BCUT2D eigenvalue weighted by molar-refractivity contribution is -0.138. The topological polar surface area (TPSA) is 88.3 Å². The van der Waals surface area contributed by atoms with Crippen LogP contribution in [0.4, 0.5) is 0 Å². The molecule has 0 saturated carbocycles. The summed E-state index contributed by atoms with van der Waals surface area (Å²) in [6, 6.07) is 0. The van der Waals surface area contributed by atoms with Crippen molar-refractivity contribution < 1.29 is 14.7 Å². The average molecular weight is 212 g/mol. The Kier molecular flexibility index (Phi) is 3.78. The molecule has 1 aromatic heterocycles. The highest BCUT2D eigenvalue weighted by molar-refractivity contribution is 5.76. The molecule has 0 aliphatic carbocycles. The Bertz CT molecular complexity index is 336. The van der Waals surface area contributed by atoms with Gasteiger partial charge in [-0.2, -0.15) is 5.10 Å². The molecule has 1 heterocycles. The van der Waals surface area contributed by atoms with Crippen molar-refractivity contribution in [3.8, 4) is 0 Å². The summed E-state index contributed by atoms with van der Waals surface area (Å²) in [4.78, 5) is 26.8. The zero-order valence-corrected chi connectivity index (χ0v) is 8.33. The van der Waals surface area contributed by atoms with E-state index in [0.29, 0.717) is 0 Å². The minimum Gasteiger partial charge on any atom is -0.481 e. The second-order valence-electron chi connectivity index (χ2n) is 3.05. The second-order valence-corrected chi connectivity index (χ2v) is 3.05. The predicted octanol–water partition coefficient (Wildman–Crippen LogP) is -0.789. The molecule has 0 radical (unpaired) electrons. The molecule has 1 aromatic rings. The lowest BCUT2D eigenvalue weighted by Crippen LogP contribution is -2.32. The van der Waals surface area contributed by atoms with E-state index in [1.807, 2.05) is 0 Å². The molecule has 0 bridgehead atoms. The lowest BCUT2D eigenvalue weighted by atomic mass is 10.4. The van der Waals surface area contributed by atoms with Crippen LogP contribution < -0.4 is 0 Å². The molecule has 15 heavy (non-hydrogen) atoms. The molecule has 0 atom stereocenters. The molecule has 7 nitrogen and oxygen atoms in total. The van der Waals surface area contributed by atoms with Crippen LogP contribution in [0, 0.1) is 0 Å². The number of carbonyl (C=O) groups excluding carboxylic acids is 1. The quantitative estimate of drug-likeness (QED) is 0.691. The molecule has 82 valence electrons. The third-order valence-electron chi connectivity index (χ3n) is 1.85. The Morgan fingerprint density at radius 3 is 2.80 bits per heavy atom. The molecule has 1 rings (SSSR count). The third-order valence-corrected chi connectivity index (χ3v) is 1.85. The van der Waals surface area contributed by atoms with Gasteiger partial charge in [-0.25, -0.2) is 9.67 Å². The first kappa shape index (κ1) is 11.2. The van der Waals surface area contributed by atoms with Crippen LogP contribution in [0.1, 0.15) is 6.42 Å². The maximum absolute atomic E-state index is 11.5. The van der Waals surface area contributed by atoms with E-state index in [1.54, 1.807) is 7.05 Å². The summed E-state index contributed by atoms with van der Waals surface area (Å²) in [5, 5.41) is 12.2. The van der Waals surface area contributed by atoms with Crippen LogP contribution >= 0.6 is 0 Å². The van der Waals surface area contributed by atoms with Crippen molar-refractivity contribution in [2.24, 2.45) is 0 Å².